The predicted octanol–water partition coefficient (Wildman–Crippen LogP) is 8.36. The molecule has 27 heteroatoms. The number of nitrogens with zero attached hydrogens (tertiary/aromatic N) is 9. The van der Waals surface area contributed by atoms with Crippen molar-refractivity contribution < 1.29 is 31.2 Å². The molecular weight excluding hydrogens is 1120 g/mol. The average Bonchev–Trinajstić information content (AvgIpc) is 3.95. The first-order chi connectivity index (χ1) is 35.4. The van der Waals surface area contributed by atoms with Crippen molar-refractivity contribution in [1.29, 1.82) is 0 Å². The Labute approximate surface area is 445 Å². The van der Waals surface area contributed by atoms with E-state index in [1.54, 1.807) is 65.7 Å². The summed E-state index contributed by atoms with van der Waals surface area (Å²) in [4.78, 5) is 56.8. The number of anilines is 6. The first-order valence-electron chi connectivity index (χ1n) is 21.7. The summed E-state index contributed by atoms with van der Waals surface area (Å²) in [5.74, 6) is 0.131. The van der Waals surface area contributed by atoms with E-state index in [2.05, 4.69) is 98.3 Å². The summed E-state index contributed by atoms with van der Waals surface area (Å²) in [6.45, 7) is 1.81. The first kappa shape index (κ1) is 61.1. The number of rotatable bonds is 11. The Bertz CT molecular complexity index is 3140. The van der Waals surface area contributed by atoms with Crippen molar-refractivity contribution in [2.24, 2.45) is 12.8 Å². The fourth-order valence-corrected chi connectivity index (χ4v) is 6.32. The number of aromatic nitrogens is 9. The summed E-state index contributed by atoms with van der Waals surface area (Å²) in [6, 6.07) is 17.2. The van der Waals surface area contributed by atoms with Crippen molar-refractivity contribution >= 4 is 72.7 Å². The van der Waals surface area contributed by atoms with E-state index in [9.17, 15) is 31.5 Å². The molecule has 8 aromatic rings. The number of oxazole rings is 1. The molecule has 0 aliphatic carbocycles. The van der Waals surface area contributed by atoms with E-state index in [0.29, 0.717) is 46.8 Å². The number of hydrogen-bond donors (Lipinski definition) is 8. The number of aryl methyl sites for hydroxylation is 2. The molecule has 1 amide bonds. The number of nitrogens with one attached hydrogen (secondary N) is 5. The number of pyridine rings is 6. The van der Waals surface area contributed by atoms with Gasteiger partial charge in [0, 0.05) is 59.6 Å². The fourth-order valence-electron chi connectivity index (χ4n) is 5.66. The predicted molar refractivity (Wildman–Crippen MR) is 287 cm³/mol. The Hall–Kier alpha value is -8.17. The van der Waals surface area contributed by atoms with Gasteiger partial charge in [-0.25, -0.2) is 61.8 Å². The lowest BCUT2D eigenvalue weighted by Crippen LogP contribution is -2.27. The van der Waals surface area contributed by atoms with Gasteiger partial charge >= 0.3 is 0 Å². The second kappa shape index (κ2) is 30.1. The molecule has 0 saturated heterocycles. The van der Waals surface area contributed by atoms with Gasteiger partial charge in [0.25, 0.3) is 5.91 Å². The maximum atomic E-state index is 14.1. The van der Waals surface area contributed by atoms with Crippen LogP contribution in [0.25, 0.3) is 22.8 Å². The minimum absolute atomic E-state index is 0. The summed E-state index contributed by atoms with van der Waals surface area (Å²) in [5, 5.41) is 13.8. The molecule has 0 aromatic carbocycles. The van der Waals surface area contributed by atoms with Crippen LogP contribution in [0.15, 0.2) is 110 Å². The molecule has 0 saturated carbocycles. The molecular formula is C48H54Br2F5N17O3. The summed E-state index contributed by atoms with van der Waals surface area (Å²) >= 11 is 5.84. The molecule has 0 unspecified atom stereocenters. The van der Waals surface area contributed by atoms with E-state index in [4.69, 9.17) is 21.6 Å². The Balaban J connectivity index is 0.000000287. The SMILES string of the molecule is C.CCc1nc(NC)ccc1F.CNc1ccc(F)c(Br)n1.CNc1ccc(F)c(CN)n1.CNc1ccc(F)c(CNC(=O)c2nc(-c3ccc(=O)n(C)c3)c(-c3ncco3)nc2N)n1.Nc1ccc(F)c(Br)n1. The molecule has 0 radical (unpaired) electrons. The van der Waals surface area contributed by atoms with E-state index in [1.807, 2.05) is 6.92 Å². The zero-order valence-electron chi connectivity index (χ0n) is 40.4. The number of hydrogen-bond acceptors (Lipinski definition) is 18. The molecule has 0 atom stereocenters. The van der Waals surface area contributed by atoms with E-state index in [-0.39, 0.29) is 92.9 Å². The van der Waals surface area contributed by atoms with Crippen molar-refractivity contribution in [2.45, 2.75) is 33.9 Å². The molecule has 8 aromatic heterocycles. The maximum absolute atomic E-state index is 14.1. The number of carbonyl (C=O) groups excluding carboxylic acids is 1. The molecule has 0 aliphatic heterocycles. The van der Waals surface area contributed by atoms with Crippen molar-refractivity contribution in [3.63, 3.8) is 0 Å². The van der Waals surface area contributed by atoms with Crippen LogP contribution in [0.4, 0.5) is 56.9 Å². The second-order valence-corrected chi connectivity index (χ2v) is 16.0. The topological polar surface area (TPSA) is 294 Å². The Kier molecular flexibility index (Phi) is 24.6. The van der Waals surface area contributed by atoms with Gasteiger partial charge in [0.05, 0.1) is 29.8 Å². The number of nitrogen functional groups attached to an aromatic ring is 2. The molecule has 398 valence electrons. The van der Waals surface area contributed by atoms with Gasteiger partial charge in [-0.2, -0.15) is 0 Å². The van der Waals surface area contributed by atoms with Crippen LogP contribution >= 0.6 is 31.9 Å². The highest BCUT2D eigenvalue weighted by Gasteiger charge is 2.23. The van der Waals surface area contributed by atoms with Gasteiger partial charge < -0.3 is 52.8 Å². The van der Waals surface area contributed by atoms with Crippen LogP contribution in [0.1, 0.15) is 41.9 Å². The quantitative estimate of drug-likeness (QED) is 0.0446. The normalized spacial score (nSPS) is 10.0. The first-order valence-corrected chi connectivity index (χ1v) is 23.2. The summed E-state index contributed by atoms with van der Waals surface area (Å²) in [7, 11) is 8.44. The number of amides is 1. The van der Waals surface area contributed by atoms with E-state index in [0.717, 1.165) is 0 Å². The number of halogens is 7. The molecule has 0 bridgehead atoms. The lowest BCUT2D eigenvalue weighted by Gasteiger charge is -2.12. The van der Waals surface area contributed by atoms with Crippen molar-refractivity contribution in [3.8, 4) is 22.8 Å². The van der Waals surface area contributed by atoms with Crippen LogP contribution in [0, 0.1) is 29.1 Å². The van der Waals surface area contributed by atoms with Crippen molar-refractivity contribution in [1.82, 2.24) is 49.8 Å². The van der Waals surface area contributed by atoms with Crippen molar-refractivity contribution in [3.05, 3.63) is 163 Å². The molecule has 8 rings (SSSR count). The van der Waals surface area contributed by atoms with Gasteiger partial charge in [-0.1, -0.05) is 14.4 Å². The summed E-state index contributed by atoms with van der Waals surface area (Å²) in [5.41, 5.74) is 17.8. The molecule has 8 heterocycles. The molecule has 11 N–H and O–H groups in total. The third-order valence-electron chi connectivity index (χ3n) is 9.49. The third kappa shape index (κ3) is 18.1. The Morgan fingerprint density at radius 1 is 0.640 bits per heavy atom. The van der Waals surface area contributed by atoms with Crippen LogP contribution in [-0.2, 0) is 26.6 Å². The van der Waals surface area contributed by atoms with Crippen LogP contribution in [0.5, 0.6) is 0 Å². The fraction of sp³-hybridized carbons (Fsp3) is 0.208. The third-order valence-corrected chi connectivity index (χ3v) is 10.6. The van der Waals surface area contributed by atoms with Crippen molar-refractivity contribution in [2.75, 3.05) is 60.9 Å². The summed E-state index contributed by atoms with van der Waals surface area (Å²) in [6.07, 6.45) is 4.96. The summed E-state index contributed by atoms with van der Waals surface area (Å²) < 4.78 is 71.5. The standard InChI is InChI=1S/C21H19FN8O3.C8H11FN2.C7H10FN3.C6H6BrFN2.C5H4BrFN2.CH4/c1-24-14-5-4-12(22)13(27-14)9-26-20(32)18-19(23)29-17(21-25-7-8-33-21)16(28-18)11-3-6-15(31)30(2)10-11;1-3-7-6(9)4-5-8(10-2)11-7;1-10-7-3-2-5(8)6(4-9)11-7;1-9-5-3-2-4(8)6(7)10-5;6-5-3(7)1-2-4(8)9-5;/h3-8,10H,9H2,1-2H3,(H2,23,29)(H,24,27)(H,26,32);4-5H,3H2,1-2H3,(H,10,11);2-3H,4,9H2,1H3,(H,10,11);2-3H,1H3,(H,9,10);1-2H,(H2,8,9);1H4. The zero-order chi connectivity index (χ0) is 54.5. The van der Waals surface area contributed by atoms with Gasteiger partial charge in [0.1, 0.15) is 67.7 Å². The molecule has 0 aliphatic rings. The highest BCUT2D eigenvalue weighted by atomic mass is 79.9. The Morgan fingerprint density at radius 3 is 1.61 bits per heavy atom. The highest BCUT2D eigenvalue weighted by Crippen LogP contribution is 2.29. The lowest BCUT2D eigenvalue weighted by atomic mass is 10.1. The molecule has 20 nitrogen and oxygen atoms in total. The van der Waals surface area contributed by atoms with Crippen LogP contribution in [0.3, 0.4) is 0 Å². The minimum Gasteiger partial charge on any atom is -0.443 e. The van der Waals surface area contributed by atoms with Crippen LogP contribution in [-0.4, -0.2) is 78.5 Å². The van der Waals surface area contributed by atoms with Crippen LogP contribution < -0.4 is 49.3 Å². The minimum atomic E-state index is -0.680. The Morgan fingerprint density at radius 2 is 1.13 bits per heavy atom. The van der Waals surface area contributed by atoms with Gasteiger partial charge in [-0.3, -0.25) is 9.59 Å². The molecule has 75 heavy (non-hydrogen) atoms. The largest absolute Gasteiger partial charge is 0.443 e. The molecule has 0 fully saturated rings. The second-order valence-electron chi connectivity index (χ2n) is 14.5. The number of nitrogens with two attached hydrogens (primary N) is 3. The van der Waals surface area contributed by atoms with Gasteiger partial charge in [-0.05, 0) is 105 Å². The van der Waals surface area contributed by atoms with E-state index < -0.39 is 17.5 Å². The smallest absolute Gasteiger partial charge is 0.274 e. The zero-order valence-corrected chi connectivity index (χ0v) is 43.6. The van der Waals surface area contributed by atoms with Crippen LogP contribution in [0.2, 0.25) is 0 Å². The average molecular weight is 1170 g/mol. The maximum Gasteiger partial charge on any atom is 0.274 e. The highest BCUT2D eigenvalue weighted by molar-refractivity contribution is 9.10. The van der Waals surface area contributed by atoms with E-state index >= 15 is 0 Å². The lowest BCUT2D eigenvalue weighted by molar-refractivity contribution is 0.0945. The van der Waals surface area contributed by atoms with E-state index in [1.165, 1.54) is 65.6 Å². The van der Waals surface area contributed by atoms with Gasteiger partial charge in [0.2, 0.25) is 11.4 Å². The van der Waals surface area contributed by atoms with Gasteiger partial charge in [0.15, 0.2) is 28.8 Å². The molecule has 0 spiro atoms. The monoisotopic (exact) mass is 1170 g/mol. The van der Waals surface area contributed by atoms with Gasteiger partial charge in [-0.15, -0.1) is 0 Å². The number of carbonyl (C=O) groups is 1.